The van der Waals surface area contributed by atoms with E-state index in [2.05, 4.69) is 45.0 Å². The smallest absolute Gasteiger partial charge is 0.410 e. The second-order valence-electron chi connectivity index (χ2n) is 9.64. The Labute approximate surface area is 211 Å². The predicted octanol–water partition coefficient (Wildman–Crippen LogP) is 7.70. The third-order valence-corrected chi connectivity index (χ3v) is 4.14. The molecule has 5 N–H and O–H groups in total. The van der Waals surface area contributed by atoms with Crippen molar-refractivity contribution in [1.29, 1.82) is 0 Å². The molecule has 1 amide bonds. The van der Waals surface area contributed by atoms with Gasteiger partial charge in [-0.2, -0.15) is 5.10 Å². The molecule has 1 aromatic heterocycles. The summed E-state index contributed by atoms with van der Waals surface area (Å²) in [7, 11) is 0. The van der Waals surface area contributed by atoms with E-state index < -0.39 is 6.09 Å². The minimum absolute atomic E-state index is 0.0819. The molecule has 0 atom stereocenters. The molecule has 0 fully saturated rings. The van der Waals surface area contributed by atoms with Gasteiger partial charge in [-0.3, -0.25) is 5.32 Å². The average molecular weight is 485 g/mol. The van der Waals surface area contributed by atoms with Gasteiger partial charge in [0.15, 0.2) is 0 Å². The van der Waals surface area contributed by atoms with Crippen molar-refractivity contribution in [3.63, 3.8) is 0 Å². The number of phenolic OH excluding ortho intramolecular Hbond substituents is 1. The van der Waals surface area contributed by atoms with E-state index in [-0.39, 0.29) is 16.9 Å². The van der Waals surface area contributed by atoms with Gasteiger partial charge in [0, 0.05) is 17.5 Å². The number of amides is 1. The van der Waals surface area contributed by atoms with Crippen molar-refractivity contribution in [1.82, 2.24) is 9.78 Å². The van der Waals surface area contributed by atoms with Crippen LogP contribution in [0.25, 0.3) is 5.69 Å². The number of nitrogens with one attached hydrogen (secondary N) is 1. The number of anilines is 2. The number of nitrogens with zero attached hydrogens (tertiary/aromatic N) is 2. The molecule has 0 saturated carbocycles. The highest BCUT2D eigenvalue weighted by Crippen LogP contribution is 2.29. The lowest BCUT2D eigenvalue weighted by molar-refractivity contribution is 0.209. The topological polar surface area (TPSA) is 113 Å². The SMILES string of the molecule is CC(C)(C)c1cc(NC(=O)O)n(-c2ccc(N)c(O)c2)n1.CC(C)C.CCCC.c1ccccc1. The van der Waals surface area contributed by atoms with E-state index >= 15 is 0 Å². The summed E-state index contributed by atoms with van der Waals surface area (Å²) >= 11 is 0. The molecular weight excluding hydrogens is 440 g/mol. The number of nitrogens with two attached hydrogens (primary N) is 1. The second-order valence-corrected chi connectivity index (χ2v) is 9.64. The first-order valence-corrected chi connectivity index (χ1v) is 12.0. The Morgan fingerprint density at radius 2 is 1.46 bits per heavy atom. The molecule has 3 rings (SSSR count). The van der Waals surface area contributed by atoms with Crippen molar-refractivity contribution in [3.05, 3.63) is 66.4 Å². The van der Waals surface area contributed by atoms with Crippen LogP contribution in [0.2, 0.25) is 0 Å². The Morgan fingerprint density at radius 3 is 1.80 bits per heavy atom. The molecule has 0 bridgehead atoms. The highest BCUT2D eigenvalue weighted by atomic mass is 16.4. The Hall–Kier alpha value is -3.48. The molecule has 0 aliphatic rings. The van der Waals surface area contributed by atoms with Crippen LogP contribution in [0.15, 0.2) is 60.7 Å². The van der Waals surface area contributed by atoms with E-state index in [4.69, 9.17) is 10.8 Å². The van der Waals surface area contributed by atoms with E-state index in [0.717, 1.165) is 11.6 Å². The number of aromatic nitrogens is 2. The summed E-state index contributed by atoms with van der Waals surface area (Å²) in [5.41, 5.74) is 6.82. The first-order chi connectivity index (χ1) is 16.3. The quantitative estimate of drug-likeness (QED) is 0.225. The van der Waals surface area contributed by atoms with Crippen LogP contribution in [0.4, 0.5) is 16.3 Å². The number of hydrogen-bond donors (Lipinski definition) is 4. The van der Waals surface area contributed by atoms with Gasteiger partial charge in [0.25, 0.3) is 0 Å². The minimum atomic E-state index is -1.18. The summed E-state index contributed by atoms with van der Waals surface area (Å²) < 4.78 is 1.42. The summed E-state index contributed by atoms with van der Waals surface area (Å²) in [6.07, 6.45) is 1.45. The van der Waals surface area contributed by atoms with Crippen LogP contribution < -0.4 is 11.1 Å². The zero-order valence-electron chi connectivity index (χ0n) is 22.5. The van der Waals surface area contributed by atoms with Crippen LogP contribution in [0.3, 0.4) is 0 Å². The molecule has 194 valence electrons. The molecule has 0 unspecified atom stereocenters. The zero-order chi connectivity index (χ0) is 27.0. The Bertz CT molecular complexity index is 946. The molecule has 0 saturated heterocycles. The summed E-state index contributed by atoms with van der Waals surface area (Å²) in [5.74, 6) is 1.05. The third-order valence-electron chi connectivity index (χ3n) is 4.14. The minimum Gasteiger partial charge on any atom is -0.506 e. The average Bonchev–Trinajstić information content (AvgIpc) is 3.21. The number of unbranched alkanes of at least 4 members (excludes halogenated alkanes) is 1. The van der Waals surface area contributed by atoms with Gasteiger partial charge in [-0.25, -0.2) is 9.48 Å². The second kappa shape index (κ2) is 16.2. The number of carbonyl (C=O) groups is 1. The van der Waals surface area contributed by atoms with Gasteiger partial charge in [-0.1, -0.05) is 105 Å². The van der Waals surface area contributed by atoms with Gasteiger partial charge in [0.05, 0.1) is 17.1 Å². The first-order valence-electron chi connectivity index (χ1n) is 12.0. The number of benzene rings is 2. The number of carboxylic acid groups (broad SMARTS) is 1. The molecule has 7 heteroatoms. The predicted molar refractivity (Wildman–Crippen MR) is 148 cm³/mol. The molecule has 35 heavy (non-hydrogen) atoms. The van der Waals surface area contributed by atoms with Gasteiger partial charge in [0.1, 0.15) is 11.6 Å². The van der Waals surface area contributed by atoms with Gasteiger partial charge >= 0.3 is 6.09 Å². The number of phenols is 1. The molecule has 0 radical (unpaired) electrons. The fourth-order valence-electron chi connectivity index (χ4n) is 2.19. The van der Waals surface area contributed by atoms with Gasteiger partial charge in [-0.15, -0.1) is 0 Å². The molecule has 0 aliphatic carbocycles. The molecular formula is C28H44N4O3. The Morgan fingerprint density at radius 1 is 1.00 bits per heavy atom. The molecule has 0 spiro atoms. The van der Waals surface area contributed by atoms with Crippen molar-refractivity contribution in [2.45, 2.75) is 73.6 Å². The fraction of sp³-hybridized carbons (Fsp3) is 0.429. The van der Waals surface area contributed by atoms with Crippen LogP contribution in [0.5, 0.6) is 5.75 Å². The van der Waals surface area contributed by atoms with Crippen LogP contribution in [-0.4, -0.2) is 26.1 Å². The van der Waals surface area contributed by atoms with E-state index in [1.165, 1.54) is 29.7 Å². The van der Waals surface area contributed by atoms with Crippen molar-refractivity contribution >= 4 is 17.6 Å². The van der Waals surface area contributed by atoms with E-state index in [1.54, 1.807) is 12.1 Å². The van der Waals surface area contributed by atoms with E-state index in [9.17, 15) is 9.90 Å². The lowest BCUT2D eigenvalue weighted by Gasteiger charge is -2.14. The molecule has 0 aliphatic heterocycles. The Balaban J connectivity index is 0.000000670. The molecule has 3 aromatic rings. The van der Waals surface area contributed by atoms with Crippen molar-refractivity contribution in [3.8, 4) is 11.4 Å². The highest BCUT2D eigenvalue weighted by Gasteiger charge is 2.21. The number of nitrogen functional groups attached to an aromatic ring is 1. The Kier molecular flexibility index (Phi) is 14.6. The normalized spacial score (nSPS) is 10.1. The highest BCUT2D eigenvalue weighted by molar-refractivity contribution is 5.82. The number of rotatable bonds is 3. The lowest BCUT2D eigenvalue weighted by Crippen LogP contribution is -2.13. The van der Waals surface area contributed by atoms with Crippen LogP contribution in [0, 0.1) is 5.92 Å². The fourth-order valence-corrected chi connectivity index (χ4v) is 2.19. The maximum absolute atomic E-state index is 10.9. The first kappa shape index (κ1) is 31.5. The van der Waals surface area contributed by atoms with Crippen molar-refractivity contribution in [2.75, 3.05) is 11.1 Å². The largest absolute Gasteiger partial charge is 0.506 e. The maximum Gasteiger partial charge on any atom is 0.410 e. The summed E-state index contributed by atoms with van der Waals surface area (Å²) in [6.45, 7) is 16.8. The molecule has 2 aromatic carbocycles. The standard InChI is InChI=1S/C14H18N4O3.C6H6.2C4H10/c1-14(2,3)11-7-12(16-13(20)21)18(17-11)8-4-5-9(15)10(19)6-8;1-2-4-6-5-3-1;1-4(2)3;1-3-4-2/h4-7,16,19H,15H2,1-3H3,(H,20,21);1-6H;4H,1-3H3;3-4H2,1-2H3. The zero-order valence-corrected chi connectivity index (χ0v) is 22.5. The molecule has 7 nitrogen and oxygen atoms in total. The maximum atomic E-state index is 10.9. The molecule has 1 heterocycles. The van der Waals surface area contributed by atoms with Crippen LogP contribution in [0.1, 0.15) is 73.9 Å². The summed E-state index contributed by atoms with van der Waals surface area (Å²) in [6, 6.07) is 18.3. The van der Waals surface area contributed by atoms with Crippen LogP contribution in [-0.2, 0) is 5.41 Å². The van der Waals surface area contributed by atoms with Crippen molar-refractivity contribution < 1.29 is 15.0 Å². The van der Waals surface area contributed by atoms with Gasteiger partial charge in [-0.05, 0) is 18.1 Å². The third kappa shape index (κ3) is 13.7. The van der Waals surface area contributed by atoms with Crippen molar-refractivity contribution in [2.24, 2.45) is 5.92 Å². The van der Waals surface area contributed by atoms with Crippen LogP contribution >= 0.6 is 0 Å². The summed E-state index contributed by atoms with van der Waals surface area (Å²) in [4.78, 5) is 10.9. The van der Waals surface area contributed by atoms with E-state index in [1.807, 2.05) is 57.2 Å². The van der Waals surface area contributed by atoms with E-state index in [0.29, 0.717) is 11.5 Å². The van der Waals surface area contributed by atoms with Gasteiger partial charge < -0.3 is 15.9 Å². The lowest BCUT2D eigenvalue weighted by atomic mass is 9.92. The summed E-state index contributed by atoms with van der Waals surface area (Å²) in [5, 5.41) is 25.3. The number of hydrogen-bond acceptors (Lipinski definition) is 4. The van der Waals surface area contributed by atoms with Gasteiger partial charge in [0.2, 0.25) is 0 Å². The number of aromatic hydroxyl groups is 1. The monoisotopic (exact) mass is 484 g/mol.